The third-order valence-corrected chi connectivity index (χ3v) is 7.01. The summed E-state index contributed by atoms with van der Waals surface area (Å²) in [5.41, 5.74) is 0.927. The van der Waals surface area contributed by atoms with Gasteiger partial charge < -0.3 is 10.6 Å². The van der Waals surface area contributed by atoms with Crippen molar-refractivity contribution < 1.29 is 27.2 Å². The highest BCUT2D eigenvalue weighted by Crippen LogP contribution is 2.29. The van der Waals surface area contributed by atoms with Gasteiger partial charge in [-0.25, -0.2) is 12.8 Å². The minimum absolute atomic E-state index is 0.00388. The number of anilines is 1. The Bertz CT molecular complexity index is 1320. The van der Waals surface area contributed by atoms with E-state index >= 15 is 0 Å². The molecule has 0 bridgehead atoms. The van der Waals surface area contributed by atoms with Crippen molar-refractivity contribution in [1.29, 1.82) is 0 Å². The summed E-state index contributed by atoms with van der Waals surface area (Å²) in [6, 6.07) is 16.9. The van der Waals surface area contributed by atoms with Crippen LogP contribution in [0.25, 0.3) is 0 Å². The minimum Gasteiger partial charge on any atom is -0.348 e. The molecule has 2 amide bonds. The summed E-state index contributed by atoms with van der Waals surface area (Å²) >= 11 is 0. The average molecular weight is 452 g/mol. The molecule has 0 spiro atoms. The van der Waals surface area contributed by atoms with Gasteiger partial charge in [0.2, 0.25) is 5.25 Å². The molecule has 32 heavy (non-hydrogen) atoms. The summed E-state index contributed by atoms with van der Waals surface area (Å²) in [7, 11) is -4.24. The lowest BCUT2D eigenvalue weighted by molar-refractivity contribution is -0.115. The molecule has 162 valence electrons. The van der Waals surface area contributed by atoms with Gasteiger partial charge in [0.05, 0.1) is 10.6 Å². The maximum atomic E-state index is 13.0. The number of amides is 2. The van der Waals surface area contributed by atoms with Crippen molar-refractivity contribution >= 4 is 33.1 Å². The maximum absolute atomic E-state index is 13.0. The highest BCUT2D eigenvalue weighted by Gasteiger charge is 2.44. The number of benzene rings is 3. The van der Waals surface area contributed by atoms with Gasteiger partial charge in [0.15, 0.2) is 15.6 Å². The molecule has 1 aliphatic rings. The fourth-order valence-electron chi connectivity index (χ4n) is 3.38. The number of rotatable bonds is 5. The Morgan fingerprint density at radius 3 is 2.34 bits per heavy atom. The number of fused-ring (bicyclic) bond motifs is 1. The monoisotopic (exact) mass is 452 g/mol. The summed E-state index contributed by atoms with van der Waals surface area (Å²) in [5.74, 6) is -2.69. The van der Waals surface area contributed by atoms with E-state index in [4.69, 9.17) is 0 Å². The van der Waals surface area contributed by atoms with E-state index in [0.717, 1.165) is 0 Å². The highest BCUT2D eigenvalue weighted by molar-refractivity contribution is 7.93. The van der Waals surface area contributed by atoms with Crippen molar-refractivity contribution in [2.75, 3.05) is 5.32 Å². The zero-order valence-corrected chi connectivity index (χ0v) is 17.4. The quantitative estimate of drug-likeness (QED) is 0.579. The molecule has 0 saturated carbocycles. The number of hydrogen-bond acceptors (Lipinski definition) is 5. The third-order valence-electron chi connectivity index (χ3n) is 5.03. The van der Waals surface area contributed by atoms with Crippen LogP contribution in [0, 0.1) is 5.82 Å². The normalized spacial score (nSPS) is 15.6. The molecule has 4 rings (SSSR count). The molecule has 0 radical (unpaired) electrons. The number of Topliss-reactive ketones (excluding diaryl/α,β-unsaturated/α-hetero) is 1. The first-order chi connectivity index (χ1) is 15.3. The van der Waals surface area contributed by atoms with Crippen molar-refractivity contribution in [3.63, 3.8) is 0 Å². The van der Waals surface area contributed by atoms with Gasteiger partial charge in [-0.15, -0.1) is 0 Å². The van der Waals surface area contributed by atoms with Crippen LogP contribution in [-0.2, 0) is 21.2 Å². The van der Waals surface area contributed by atoms with Crippen LogP contribution < -0.4 is 10.6 Å². The number of sulfone groups is 1. The predicted molar refractivity (Wildman–Crippen MR) is 114 cm³/mol. The first-order valence-electron chi connectivity index (χ1n) is 9.58. The van der Waals surface area contributed by atoms with E-state index in [2.05, 4.69) is 10.6 Å². The molecule has 1 aliphatic heterocycles. The third kappa shape index (κ3) is 4.02. The molecule has 2 N–H and O–H groups in total. The Labute approximate surface area is 183 Å². The van der Waals surface area contributed by atoms with Crippen molar-refractivity contribution in [2.24, 2.45) is 0 Å². The summed E-state index contributed by atoms with van der Waals surface area (Å²) in [6.45, 7) is 0.152. The van der Waals surface area contributed by atoms with E-state index in [-0.39, 0.29) is 34.1 Å². The van der Waals surface area contributed by atoms with Gasteiger partial charge in [0, 0.05) is 17.7 Å². The lowest BCUT2D eigenvalue weighted by atomic mass is 9.99. The van der Waals surface area contributed by atoms with Crippen LogP contribution in [0.5, 0.6) is 0 Å². The summed E-state index contributed by atoms with van der Waals surface area (Å²) in [5, 5.41) is 3.19. The lowest BCUT2D eigenvalue weighted by Crippen LogP contribution is -2.45. The fraction of sp³-hybridized carbons (Fsp3) is 0.0870. The second kappa shape index (κ2) is 8.35. The molecule has 3 aromatic carbocycles. The SMILES string of the molecule is O=C(NCc1ccc(F)cc1)c1ccc2c(c1)NC(=O)C(S(=O)(=O)c1ccccc1)C2=O. The Balaban J connectivity index is 1.56. The van der Waals surface area contributed by atoms with Crippen molar-refractivity contribution in [3.05, 3.63) is 95.3 Å². The fourth-order valence-corrected chi connectivity index (χ4v) is 4.94. The van der Waals surface area contributed by atoms with Crippen molar-refractivity contribution in [2.45, 2.75) is 16.7 Å². The Hall–Kier alpha value is -3.85. The Morgan fingerprint density at radius 1 is 0.969 bits per heavy atom. The van der Waals surface area contributed by atoms with Gasteiger partial charge in [0.1, 0.15) is 5.82 Å². The van der Waals surface area contributed by atoms with Crippen LogP contribution in [-0.4, -0.2) is 31.3 Å². The Kier molecular flexibility index (Phi) is 5.58. The van der Waals surface area contributed by atoms with E-state index in [0.29, 0.717) is 5.56 Å². The summed E-state index contributed by atoms with van der Waals surface area (Å²) in [4.78, 5) is 37.8. The molecule has 0 aromatic heterocycles. The number of halogens is 1. The summed E-state index contributed by atoms with van der Waals surface area (Å²) < 4.78 is 38.7. The zero-order valence-electron chi connectivity index (χ0n) is 16.5. The van der Waals surface area contributed by atoms with E-state index in [9.17, 15) is 27.2 Å². The van der Waals surface area contributed by atoms with Gasteiger partial charge in [-0.3, -0.25) is 14.4 Å². The van der Waals surface area contributed by atoms with Crippen LogP contribution >= 0.6 is 0 Å². The second-order valence-electron chi connectivity index (χ2n) is 7.16. The van der Waals surface area contributed by atoms with Crippen molar-refractivity contribution in [3.8, 4) is 0 Å². The van der Waals surface area contributed by atoms with Crippen LogP contribution in [0.2, 0.25) is 0 Å². The van der Waals surface area contributed by atoms with Gasteiger partial charge in [-0.05, 0) is 48.0 Å². The molecular weight excluding hydrogens is 435 g/mol. The average Bonchev–Trinajstić information content (AvgIpc) is 2.78. The molecule has 3 aromatic rings. The first-order valence-corrected chi connectivity index (χ1v) is 11.1. The van der Waals surface area contributed by atoms with Crippen LogP contribution in [0.4, 0.5) is 10.1 Å². The Morgan fingerprint density at radius 2 is 1.66 bits per heavy atom. The molecule has 0 fully saturated rings. The smallest absolute Gasteiger partial charge is 0.251 e. The van der Waals surface area contributed by atoms with Crippen LogP contribution in [0.3, 0.4) is 0 Å². The van der Waals surface area contributed by atoms with Gasteiger partial charge >= 0.3 is 0 Å². The van der Waals surface area contributed by atoms with Crippen LogP contribution in [0.15, 0.2) is 77.7 Å². The van der Waals surface area contributed by atoms with E-state index in [1.54, 1.807) is 6.07 Å². The largest absolute Gasteiger partial charge is 0.348 e. The number of nitrogens with one attached hydrogen (secondary N) is 2. The lowest BCUT2D eigenvalue weighted by Gasteiger charge is -2.24. The molecule has 9 heteroatoms. The molecular formula is C23H17FN2O5S. The number of carbonyl (C=O) groups excluding carboxylic acids is 3. The molecule has 1 unspecified atom stereocenters. The number of ketones is 1. The van der Waals surface area contributed by atoms with Gasteiger partial charge in [-0.2, -0.15) is 0 Å². The highest BCUT2D eigenvalue weighted by atomic mass is 32.2. The summed E-state index contributed by atoms with van der Waals surface area (Å²) in [6.07, 6.45) is 0. The molecule has 0 saturated heterocycles. The second-order valence-corrected chi connectivity index (χ2v) is 9.19. The topological polar surface area (TPSA) is 109 Å². The van der Waals surface area contributed by atoms with Crippen molar-refractivity contribution in [1.82, 2.24) is 5.32 Å². The predicted octanol–water partition coefficient (Wildman–Crippen LogP) is 2.73. The van der Waals surface area contributed by atoms with E-state index in [1.807, 2.05) is 0 Å². The van der Waals surface area contributed by atoms with Crippen LogP contribution in [0.1, 0.15) is 26.3 Å². The zero-order chi connectivity index (χ0) is 22.9. The van der Waals surface area contributed by atoms with E-state index < -0.39 is 32.7 Å². The van der Waals surface area contributed by atoms with Gasteiger partial charge in [0.25, 0.3) is 11.8 Å². The number of hydrogen-bond donors (Lipinski definition) is 2. The molecule has 0 aliphatic carbocycles. The van der Waals surface area contributed by atoms with E-state index in [1.165, 1.54) is 66.7 Å². The molecule has 7 nitrogen and oxygen atoms in total. The van der Waals surface area contributed by atoms with Gasteiger partial charge in [-0.1, -0.05) is 30.3 Å². The maximum Gasteiger partial charge on any atom is 0.251 e. The molecule has 1 heterocycles. The standard InChI is InChI=1S/C23H17FN2O5S/c24-16-9-6-14(7-10-16)13-25-22(28)15-8-11-18-19(12-15)26-23(29)21(20(18)27)32(30,31)17-4-2-1-3-5-17/h1-12,21H,13H2,(H,25,28)(H,26,29). The first kappa shape index (κ1) is 21.4. The minimum atomic E-state index is -4.24. The number of carbonyl (C=O) groups is 3. The molecule has 1 atom stereocenters.